The van der Waals surface area contributed by atoms with Gasteiger partial charge in [-0.15, -0.1) is 0 Å². The van der Waals surface area contributed by atoms with Crippen molar-refractivity contribution in [1.29, 1.82) is 0 Å². The van der Waals surface area contributed by atoms with E-state index in [-0.39, 0.29) is 25.0 Å². The minimum atomic E-state index is -1.81. The Hall–Kier alpha value is -1.42. The smallest absolute Gasteiger partial charge is 0.308 e. The van der Waals surface area contributed by atoms with Gasteiger partial charge in [0.25, 0.3) is 0 Å². The van der Waals surface area contributed by atoms with Crippen LogP contribution in [-0.2, 0) is 33.3 Å². The molecule has 13 heteroatoms. The number of likely N-dealkylation sites (N-methyl/N-ethyl adjacent to an activating group) is 1. The van der Waals surface area contributed by atoms with E-state index in [0.717, 1.165) is 0 Å². The maximum absolute atomic E-state index is 12.3. The lowest BCUT2D eigenvalue weighted by molar-refractivity contribution is -0.317. The van der Waals surface area contributed by atoms with Gasteiger partial charge < -0.3 is 54.1 Å². The van der Waals surface area contributed by atoms with Gasteiger partial charge in [-0.05, 0) is 61.6 Å². The number of nitrogens with zero attached hydrogens (tertiary/aromatic N) is 1. The SMILES string of the molecule is CO[C@]1(C)C[C@H](O[C@@H]([C@H](C)[C@@H](O[C@@H]2O[C@H](C)C[C@H](N(C)C)[C@H]2O)[C@](C)(O)C[C@@H](C)C(=O)O)[C@@H](C)C(=O)O)O[C@@H](C)[C@@H]1O. The second-order valence-electron chi connectivity index (χ2n) is 13.0. The lowest BCUT2D eigenvalue weighted by Crippen LogP contribution is -2.60. The molecule has 2 saturated heterocycles. The number of methoxy groups -OCH3 is 1. The van der Waals surface area contributed by atoms with Crippen LogP contribution < -0.4 is 0 Å². The first-order valence-corrected chi connectivity index (χ1v) is 14.6. The quantitative estimate of drug-likeness (QED) is 0.191. The van der Waals surface area contributed by atoms with Gasteiger partial charge in [0.05, 0.1) is 47.5 Å². The molecule has 14 atom stereocenters. The summed E-state index contributed by atoms with van der Waals surface area (Å²) in [6.45, 7) is 11.2. The van der Waals surface area contributed by atoms with Crippen LogP contribution >= 0.6 is 0 Å². The zero-order valence-corrected chi connectivity index (χ0v) is 26.6. The lowest BCUT2D eigenvalue weighted by Gasteiger charge is -2.48. The molecule has 2 heterocycles. The number of carbonyl (C=O) groups is 2. The van der Waals surface area contributed by atoms with Crippen molar-refractivity contribution in [3.8, 4) is 0 Å². The number of aliphatic hydroxyl groups excluding tert-OH is 2. The van der Waals surface area contributed by atoms with Gasteiger partial charge in [0.1, 0.15) is 12.2 Å². The molecule has 0 aliphatic carbocycles. The molecule has 2 aliphatic heterocycles. The molecule has 0 radical (unpaired) electrons. The first-order valence-electron chi connectivity index (χ1n) is 14.6. The van der Waals surface area contributed by atoms with Crippen molar-refractivity contribution in [3.63, 3.8) is 0 Å². The third-order valence-corrected chi connectivity index (χ3v) is 8.97. The molecular formula is C29H53NO12. The number of carboxylic acids is 2. The van der Waals surface area contributed by atoms with Crippen molar-refractivity contribution in [2.75, 3.05) is 21.2 Å². The van der Waals surface area contributed by atoms with E-state index in [1.807, 2.05) is 25.9 Å². The highest BCUT2D eigenvalue weighted by molar-refractivity contribution is 5.70. The third kappa shape index (κ3) is 8.60. The Morgan fingerprint density at radius 1 is 1.07 bits per heavy atom. The van der Waals surface area contributed by atoms with Gasteiger partial charge in [0, 0.05) is 25.5 Å². The molecule has 246 valence electrons. The Labute approximate surface area is 249 Å². The summed E-state index contributed by atoms with van der Waals surface area (Å²) in [4.78, 5) is 25.9. The lowest BCUT2D eigenvalue weighted by atomic mass is 9.78. The summed E-state index contributed by atoms with van der Waals surface area (Å²) in [5, 5.41) is 53.2. The number of rotatable bonds is 14. The first kappa shape index (κ1) is 36.8. The van der Waals surface area contributed by atoms with E-state index in [1.54, 1.807) is 20.8 Å². The van der Waals surface area contributed by atoms with Crippen LogP contribution in [0.1, 0.15) is 67.7 Å². The molecule has 0 bridgehead atoms. The number of aliphatic hydroxyl groups is 3. The molecule has 0 aromatic rings. The summed E-state index contributed by atoms with van der Waals surface area (Å²) in [5.41, 5.74) is -2.84. The van der Waals surface area contributed by atoms with Crippen molar-refractivity contribution in [1.82, 2.24) is 4.90 Å². The van der Waals surface area contributed by atoms with Gasteiger partial charge in [-0.3, -0.25) is 9.59 Å². The molecule has 5 N–H and O–H groups in total. The highest BCUT2D eigenvalue weighted by Gasteiger charge is 2.51. The van der Waals surface area contributed by atoms with Crippen LogP contribution in [0.15, 0.2) is 0 Å². The third-order valence-electron chi connectivity index (χ3n) is 8.97. The fraction of sp³-hybridized carbons (Fsp3) is 0.931. The van der Waals surface area contributed by atoms with Crippen LogP contribution in [0, 0.1) is 17.8 Å². The highest BCUT2D eigenvalue weighted by Crippen LogP contribution is 2.39. The van der Waals surface area contributed by atoms with Gasteiger partial charge in [0.2, 0.25) is 0 Å². The molecule has 0 aromatic heterocycles. The molecule has 0 spiro atoms. The molecule has 42 heavy (non-hydrogen) atoms. The average molecular weight is 608 g/mol. The number of carboxylic acid groups (broad SMARTS) is 2. The zero-order chi connectivity index (χ0) is 32.3. The molecule has 2 aliphatic rings. The maximum Gasteiger partial charge on any atom is 0.308 e. The van der Waals surface area contributed by atoms with Crippen LogP contribution in [0.3, 0.4) is 0 Å². The zero-order valence-electron chi connectivity index (χ0n) is 26.6. The van der Waals surface area contributed by atoms with E-state index < -0.39 is 84.0 Å². The van der Waals surface area contributed by atoms with Gasteiger partial charge in [-0.1, -0.05) is 13.8 Å². The van der Waals surface area contributed by atoms with E-state index in [0.29, 0.717) is 6.42 Å². The van der Waals surface area contributed by atoms with Crippen molar-refractivity contribution in [2.24, 2.45) is 17.8 Å². The number of hydrogen-bond acceptors (Lipinski definition) is 11. The second kappa shape index (κ2) is 14.6. The fourth-order valence-corrected chi connectivity index (χ4v) is 6.24. The molecule has 2 rings (SSSR count). The monoisotopic (exact) mass is 607 g/mol. The van der Waals surface area contributed by atoms with Crippen LogP contribution in [0.2, 0.25) is 0 Å². The summed E-state index contributed by atoms with van der Waals surface area (Å²) in [6.07, 6.45) is -7.18. The van der Waals surface area contributed by atoms with Gasteiger partial charge >= 0.3 is 11.9 Å². The number of ether oxygens (including phenoxy) is 5. The van der Waals surface area contributed by atoms with Crippen molar-refractivity contribution in [2.45, 2.75) is 134 Å². The fourth-order valence-electron chi connectivity index (χ4n) is 6.24. The van der Waals surface area contributed by atoms with Crippen LogP contribution in [-0.4, -0.2) is 130 Å². The standard InChI is InChI=1S/C29H53NO12/c1-14(25(33)34)12-28(6,37)24(42-27-21(31)19(30(8)9)11-15(2)39-27)16(3)22(17(4)26(35)36)41-20-13-29(7,38-10)23(32)18(5)40-20/h14-24,27,31-32,37H,11-13H2,1-10H3,(H,33,34)(H,35,36)/t14-,15-,16+,17-,18+,19+,20+,21-,22+,23+,24-,27+,28-,29-/m1/s1. The van der Waals surface area contributed by atoms with E-state index >= 15 is 0 Å². The van der Waals surface area contributed by atoms with Crippen molar-refractivity contribution >= 4 is 11.9 Å². The van der Waals surface area contributed by atoms with E-state index in [1.165, 1.54) is 27.9 Å². The molecule has 0 amide bonds. The topological polar surface area (TPSA) is 185 Å². The molecular weight excluding hydrogens is 554 g/mol. The highest BCUT2D eigenvalue weighted by atomic mass is 16.7. The van der Waals surface area contributed by atoms with Crippen LogP contribution in [0.25, 0.3) is 0 Å². The largest absolute Gasteiger partial charge is 0.481 e. The summed E-state index contributed by atoms with van der Waals surface area (Å²) in [6, 6.07) is -0.321. The predicted octanol–water partition coefficient (Wildman–Crippen LogP) is 1.30. The minimum Gasteiger partial charge on any atom is -0.481 e. The van der Waals surface area contributed by atoms with E-state index in [4.69, 9.17) is 23.7 Å². The summed E-state index contributed by atoms with van der Waals surface area (Å²) >= 11 is 0. The first-order chi connectivity index (χ1) is 19.2. The summed E-state index contributed by atoms with van der Waals surface area (Å²) in [5.74, 6) is -5.25. The maximum atomic E-state index is 12.3. The summed E-state index contributed by atoms with van der Waals surface area (Å²) < 4.78 is 30.1. The van der Waals surface area contributed by atoms with Gasteiger partial charge in [0.15, 0.2) is 12.6 Å². The Kier molecular flexibility index (Phi) is 12.8. The number of hydrogen-bond donors (Lipinski definition) is 5. The molecule has 0 saturated carbocycles. The molecule has 0 aromatic carbocycles. The Bertz CT molecular complexity index is 902. The van der Waals surface area contributed by atoms with Crippen LogP contribution in [0.5, 0.6) is 0 Å². The molecule has 13 nitrogen and oxygen atoms in total. The summed E-state index contributed by atoms with van der Waals surface area (Å²) in [7, 11) is 5.10. The number of aliphatic carboxylic acids is 2. The van der Waals surface area contributed by atoms with Crippen LogP contribution in [0.4, 0.5) is 0 Å². The van der Waals surface area contributed by atoms with Gasteiger partial charge in [-0.25, -0.2) is 0 Å². The normalized spacial score (nSPS) is 37.3. The minimum absolute atomic E-state index is 0.0923. The Morgan fingerprint density at radius 2 is 1.67 bits per heavy atom. The Balaban J connectivity index is 2.51. The van der Waals surface area contributed by atoms with Crippen molar-refractivity contribution in [3.05, 3.63) is 0 Å². The van der Waals surface area contributed by atoms with Crippen molar-refractivity contribution < 1.29 is 58.8 Å². The molecule has 2 fully saturated rings. The van der Waals surface area contributed by atoms with E-state index in [2.05, 4.69) is 0 Å². The second-order valence-corrected chi connectivity index (χ2v) is 13.0. The molecule has 0 unspecified atom stereocenters. The predicted molar refractivity (Wildman–Crippen MR) is 151 cm³/mol. The van der Waals surface area contributed by atoms with Gasteiger partial charge in [-0.2, -0.15) is 0 Å². The Morgan fingerprint density at radius 3 is 2.17 bits per heavy atom. The average Bonchev–Trinajstić information content (AvgIpc) is 2.88. The van der Waals surface area contributed by atoms with E-state index in [9.17, 15) is 35.1 Å².